The highest BCUT2D eigenvalue weighted by molar-refractivity contribution is 5.97. The number of rotatable bonds is 17. The number of carbonyl (C=O) groups is 3. The second kappa shape index (κ2) is 20.6. The monoisotopic (exact) mass is 813 g/mol. The number of nitrogens with zero attached hydrogens (tertiary/aromatic N) is 3. The third kappa shape index (κ3) is 11.6. The molecule has 13 heteroatoms. The Balaban J connectivity index is 0.807. The minimum absolute atomic E-state index is 0.00959. The number of aromatic hydroxyl groups is 1. The zero-order chi connectivity index (χ0) is 41.0. The molecule has 3 amide bonds. The number of halogens is 1. The van der Waals surface area contributed by atoms with Crippen LogP contribution >= 0.6 is 0 Å². The van der Waals surface area contributed by atoms with Gasteiger partial charge in [0.25, 0.3) is 5.91 Å². The maximum atomic E-state index is 14.2. The van der Waals surface area contributed by atoms with Crippen molar-refractivity contribution in [2.45, 2.75) is 88.8 Å². The molecule has 0 atom stereocenters. The van der Waals surface area contributed by atoms with Gasteiger partial charge in [-0.25, -0.2) is 4.39 Å². The molecule has 1 saturated carbocycles. The molecule has 59 heavy (non-hydrogen) atoms. The van der Waals surface area contributed by atoms with Crippen LogP contribution < -0.4 is 15.4 Å². The van der Waals surface area contributed by atoms with Crippen LogP contribution in [0.5, 0.6) is 11.5 Å². The van der Waals surface area contributed by atoms with E-state index in [0.717, 1.165) is 70.1 Å². The summed E-state index contributed by atoms with van der Waals surface area (Å²) in [7, 11) is 0. The molecule has 3 heterocycles. The number of fused-ring (bicyclic) bond motifs is 1. The molecule has 0 radical (unpaired) electrons. The van der Waals surface area contributed by atoms with Gasteiger partial charge in [0.05, 0.1) is 38.3 Å². The third-order valence-electron chi connectivity index (χ3n) is 12.3. The van der Waals surface area contributed by atoms with E-state index in [1.807, 2.05) is 11.0 Å². The molecule has 0 unspecified atom stereocenters. The van der Waals surface area contributed by atoms with Gasteiger partial charge in [0.15, 0.2) is 12.4 Å². The van der Waals surface area contributed by atoms with Gasteiger partial charge < -0.3 is 39.8 Å². The fourth-order valence-corrected chi connectivity index (χ4v) is 8.99. The van der Waals surface area contributed by atoms with E-state index >= 15 is 0 Å². The molecule has 3 aliphatic heterocycles. The predicted molar refractivity (Wildman–Crippen MR) is 223 cm³/mol. The van der Waals surface area contributed by atoms with Crippen LogP contribution in [0.1, 0.15) is 73.6 Å². The van der Waals surface area contributed by atoms with Gasteiger partial charge in [-0.05, 0) is 79.5 Å². The van der Waals surface area contributed by atoms with E-state index in [0.29, 0.717) is 82.4 Å². The Bertz CT molecular complexity index is 1900. The van der Waals surface area contributed by atoms with Crippen molar-refractivity contribution in [1.82, 2.24) is 20.0 Å². The predicted octanol–water partition coefficient (Wildman–Crippen LogP) is 5.24. The standard InChI is InChI=1S/C46H60FN5O7/c47-39-12-5-4-9-37(39)30-43(56)51-25-28-59-46(33-51)18-22-50(23-19-46)31-35-8-6-7-34(29-35)16-26-57-27-17-42(55)52(38-10-2-1-3-11-38)24-21-48-20-15-36-13-14-40(53)44-45(36)58-32-41(54)49-44/h4-9,12-14,29,38,48,53H,1-3,10-11,15-28,30-33H2,(H,49,54). The SMILES string of the molecule is O=C1COc2c(CCNCCN(C(=O)CCOCCc3cccc(CN4CCC5(CC4)CN(C(=O)Cc4ccccc4F)CCO5)c3)C3CCCCC3)ccc(O)c2N1. The molecule has 3 fully saturated rings. The zero-order valence-corrected chi connectivity index (χ0v) is 34.2. The second-order valence-corrected chi connectivity index (χ2v) is 16.5. The van der Waals surface area contributed by atoms with Gasteiger partial charge in [-0.3, -0.25) is 19.3 Å². The number of anilines is 1. The number of phenolic OH excluding ortho intramolecular Hbond substituents is 1. The Morgan fingerprint density at radius 2 is 1.76 bits per heavy atom. The van der Waals surface area contributed by atoms with E-state index < -0.39 is 0 Å². The van der Waals surface area contributed by atoms with Gasteiger partial charge in [0.2, 0.25) is 11.8 Å². The summed E-state index contributed by atoms with van der Waals surface area (Å²) < 4.78 is 32.2. The van der Waals surface area contributed by atoms with E-state index in [2.05, 4.69) is 44.7 Å². The number of carbonyl (C=O) groups excluding carboxylic acids is 3. The van der Waals surface area contributed by atoms with Crippen LogP contribution in [-0.4, -0.2) is 121 Å². The summed E-state index contributed by atoms with van der Waals surface area (Å²) in [5.41, 5.74) is 3.78. The Kier molecular flexibility index (Phi) is 14.9. The highest BCUT2D eigenvalue weighted by Crippen LogP contribution is 2.39. The molecular formula is C46H60FN5O7. The molecule has 318 valence electrons. The van der Waals surface area contributed by atoms with Gasteiger partial charge in [-0.2, -0.15) is 0 Å². The van der Waals surface area contributed by atoms with E-state index in [1.165, 1.54) is 23.6 Å². The van der Waals surface area contributed by atoms with Crippen molar-refractivity contribution in [3.05, 3.63) is 88.7 Å². The number of phenols is 1. The molecule has 3 aromatic rings. The average molecular weight is 814 g/mol. The molecule has 1 spiro atoms. The molecule has 3 aromatic carbocycles. The number of morpholine rings is 1. The summed E-state index contributed by atoms with van der Waals surface area (Å²) in [6.07, 6.45) is 9.14. The van der Waals surface area contributed by atoms with Crippen molar-refractivity contribution in [2.75, 3.05) is 77.6 Å². The number of benzene rings is 3. The number of piperidine rings is 1. The van der Waals surface area contributed by atoms with E-state index in [1.54, 1.807) is 24.3 Å². The Hall–Kier alpha value is -4.56. The quantitative estimate of drug-likeness (QED) is 0.124. The molecule has 7 rings (SSSR count). The fourth-order valence-electron chi connectivity index (χ4n) is 8.99. The Morgan fingerprint density at radius 1 is 0.949 bits per heavy atom. The van der Waals surface area contributed by atoms with Gasteiger partial charge >= 0.3 is 0 Å². The molecule has 0 aromatic heterocycles. The second-order valence-electron chi connectivity index (χ2n) is 16.5. The van der Waals surface area contributed by atoms with Crippen molar-refractivity contribution in [3.8, 4) is 11.5 Å². The number of amides is 3. The van der Waals surface area contributed by atoms with E-state index in [4.69, 9.17) is 14.2 Å². The first kappa shape index (κ1) is 42.6. The molecular weight excluding hydrogens is 754 g/mol. The lowest BCUT2D eigenvalue weighted by atomic mass is 9.89. The minimum atomic E-state index is -0.348. The zero-order valence-electron chi connectivity index (χ0n) is 34.2. The lowest BCUT2D eigenvalue weighted by molar-refractivity contribution is -0.159. The van der Waals surface area contributed by atoms with Gasteiger partial charge in [0.1, 0.15) is 17.3 Å². The number of hydrogen-bond acceptors (Lipinski definition) is 9. The van der Waals surface area contributed by atoms with Gasteiger partial charge in [0, 0.05) is 51.9 Å². The Morgan fingerprint density at radius 3 is 2.59 bits per heavy atom. The van der Waals surface area contributed by atoms with Crippen LogP contribution in [0.15, 0.2) is 60.7 Å². The Labute approximate surface area is 347 Å². The summed E-state index contributed by atoms with van der Waals surface area (Å²) in [5, 5.41) is 16.3. The first-order valence-corrected chi connectivity index (χ1v) is 21.6. The van der Waals surface area contributed by atoms with Crippen LogP contribution in [-0.2, 0) is 49.7 Å². The summed E-state index contributed by atoms with van der Waals surface area (Å²) in [6.45, 7) is 7.03. The molecule has 12 nitrogen and oxygen atoms in total. The maximum Gasteiger partial charge on any atom is 0.262 e. The number of hydrogen-bond donors (Lipinski definition) is 3. The summed E-state index contributed by atoms with van der Waals surface area (Å²) in [5.74, 6) is -0.0239. The third-order valence-corrected chi connectivity index (χ3v) is 12.3. The first-order valence-electron chi connectivity index (χ1n) is 21.6. The molecule has 0 bridgehead atoms. The molecule has 1 aliphatic carbocycles. The van der Waals surface area contributed by atoms with Gasteiger partial charge in [-0.1, -0.05) is 67.8 Å². The lowest BCUT2D eigenvalue weighted by Crippen LogP contribution is -2.58. The van der Waals surface area contributed by atoms with Crippen LogP contribution in [0.25, 0.3) is 0 Å². The van der Waals surface area contributed by atoms with E-state index in [9.17, 15) is 23.9 Å². The van der Waals surface area contributed by atoms with Crippen molar-refractivity contribution in [2.24, 2.45) is 0 Å². The first-order chi connectivity index (χ1) is 28.7. The van der Waals surface area contributed by atoms with Crippen molar-refractivity contribution >= 4 is 23.4 Å². The number of ether oxygens (including phenoxy) is 3. The van der Waals surface area contributed by atoms with Gasteiger partial charge in [-0.15, -0.1) is 0 Å². The highest BCUT2D eigenvalue weighted by atomic mass is 19.1. The van der Waals surface area contributed by atoms with Crippen molar-refractivity contribution < 1.29 is 38.1 Å². The van der Waals surface area contributed by atoms with Crippen molar-refractivity contribution in [1.29, 1.82) is 0 Å². The van der Waals surface area contributed by atoms with E-state index in [-0.39, 0.29) is 54.0 Å². The fraction of sp³-hybridized carbons (Fsp3) is 0.543. The molecule has 3 N–H and O–H groups in total. The summed E-state index contributed by atoms with van der Waals surface area (Å²) in [6, 6.07) is 18.8. The van der Waals surface area contributed by atoms with Crippen molar-refractivity contribution in [3.63, 3.8) is 0 Å². The van der Waals surface area contributed by atoms with Crippen LogP contribution in [0.4, 0.5) is 10.1 Å². The van der Waals surface area contributed by atoms with Crippen LogP contribution in [0.3, 0.4) is 0 Å². The highest BCUT2D eigenvalue weighted by Gasteiger charge is 2.41. The lowest BCUT2D eigenvalue weighted by Gasteiger charge is -2.47. The summed E-state index contributed by atoms with van der Waals surface area (Å²) in [4.78, 5) is 44.7. The normalized spacial score (nSPS) is 18.3. The molecule has 2 saturated heterocycles. The summed E-state index contributed by atoms with van der Waals surface area (Å²) >= 11 is 0. The van der Waals surface area contributed by atoms with Crippen LogP contribution in [0.2, 0.25) is 0 Å². The van der Waals surface area contributed by atoms with Crippen LogP contribution in [0, 0.1) is 5.82 Å². The largest absolute Gasteiger partial charge is 0.506 e. The average Bonchev–Trinajstić information content (AvgIpc) is 3.25. The number of likely N-dealkylation sites (tertiary alicyclic amines) is 1. The maximum absolute atomic E-state index is 14.2. The molecule has 4 aliphatic rings. The smallest absolute Gasteiger partial charge is 0.262 e. The minimum Gasteiger partial charge on any atom is -0.506 e. The number of nitrogens with one attached hydrogen (secondary N) is 2. The topological polar surface area (TPSA) is 133 Å².